The van der Waals surface area contributed by atoms with Crippen molar-refractivity contribution >= 4 is 0 Å². The summed E-state index contributed by atoms with van der Waals surface area (Å²) in [5, 5.41) is 3.41. The topological polar surface area (TPSA) is 30.5 Å². The van der Waals surface area contributed by atoms with E-state index in [9.17, 15) is 0 Å². The van der Waals surface area contributed by atoms with Gasteiger partial charge in [-0.25, -0.2) is 0 Å². The zero-order valence-corrected chi connectivity index (χ0v) is 12.8. The highest BCUT2D eigenvalue weighted by atomic mass is 16.5. The highest BCUT2D eigenvalue weighted by Gasteiger charge is 2.17. The summed E-state index contributed by atoms with van der Waals surface area (Å²) in [6.07, 6.45) is 4.65. The quantitative estimate of drug-likeness (QED) is 0.770. The van der Waals surface area contributed by atoms with Crippen LogP contribution in [0.25, 0.3) is 0 Å². The number of unbranched alkanes of at least 4 members (excludes halogenated alkanes) is 1. The Morgan fingerprint density at radius 2 is 1.90 bits per heavy atom. The molecule has 0 amide bonds. The van der Waals surface area contributed by atoms with Gasteiger partial charge in [0.15, 0.2) is 11.5 Å². The van der Waals surface area contributed by atoms with Crippen molar-refractivity contribution in [1.29, 1.82) is 0 Å². The maximum atomic E-state index is 5.84. The van der Waals surface area contributed by atoms with Crippen molar-refractivity contribution in [2.24, 2.45) is 0 Å². The van der Waals surface area contributed by atoms with Crippen LogP contribution in [0.4, 0.5) is 0 Å². The third-order valence-electron chi connectivity index (χ3n) is 3.83. The molecular weight excluding hydrogens is 250 g/mol. The van der Waals surface area contributed by atoms with Crippen molar-refractivity contribution in [3.05, 3.63) is 23.8 Å². The maximum Gasteiger partial charge on any atom is 0.161 e. The Morgan fingerprint density at radius 1 is 1.10 bits per heavy atom. The van der Waals surface area contributed by atoms with Crippen LogP contribution in [-0.2, 0) is 0 Å². The van der Waals surface area contributed by atoms with E-state index in [0.29, 0.717) is 12.5 Å². The third-order valence-corrected chi connectivity index (χ3v) is 3.83. The van der Waals surface area contributed by atoms with E-state index in [-0.39, 0.29) is 0 Å². The molecule has 0 saturated carbocycles. The van der Waals surface area contributed by atoms with E-state index in [1.54, 1.807) is 0 Å². The van der Waals surface area contributed by atoms with Crippen LogP contribution in [0.2, 0.25) is 0 Å². The number of nitrogens with one attached hydrogen (secondary N) is 1. The van der Waals surface area contributed by atoms with E-state index in [0.717, 1.165) is 44.0 Å². The molecule has 1 aromatic rings. The van der Waals surface area contributed by atoms with Crippen LogP contribution < -0.4 is 14.8 Å². The van der Waals surface area contributed by atoms with Crippen LogP contribution in [-0.4, -0.2) is 26.3 Å². The third kappa shape index (κ3) is 4.14. The first-order valence-electron chi connectivity index (χ1n) is 7.95. The standard InChI is InChI=1S/C17H27NO2/c1-3-5-12-20-16-7-6-15(13-17(16)19-4-2)14-8-10-18-11-9-14/h6-7,13-14,18H,3-5,8-12H2,1-2H3. The molecule has 0 bridgehead atoms. The predicted molar refractivity (Wildman–Crippen MR) is 82.9 cm³/mol. The first kappa shape index (κ1) is 15.2. The zero-order chi connectivity index (χ0) is 14.2. The van der Waals surface area contributed by atoms with Crippen LogP contribution >= 0.6 is 0 Å². The Labute approximate surface area is 122 Å². The largest absolute Gasteiger partial charge is 0.490 e. The van der Waals surface area contributed by atoms with Crippen molar-refractivity contribution in [2.45, 2.75) is 45.4 Å². The highest BCUT2D eigenvalue weighted by molar-refractivity contribution is 5.44. The predicted octanol–water partition coefficient (Wildman–Crippen LogP) is 3.73. The van der Waals surface area contributed by atoms with Crippen molar-refractivity contribution in [1.82, 2.24) is 5.32 Å². The SMILES string of the molecule is CCCCOc1ccc(C2CCNCC2)cc1OCC. The fourth-order valence-corrected chi connectivity index (χ4v) is 2.65. The fourth-order valence-electron chi connectivity index (χ4n) is 2.65. The molecule has 3 nitrogen and oxygen atoms in total. The molecule has 20 heavy (non-hydrogen) atoms. The van der Waals surface area contributed by atoms with Gasteiger partial charge in [0.25, 0.3) is 0 Å². The van der Waals surface area contributed by atoms with Crippen molar-refractivity contribution in [3.8, 4) is 11.5 Å². The van der Waals surface area contributed by atoms with Gasteiger partial charge in [0.1, 0.15) is 0 Å². The molecule has 1 aromatic carbocycles. The normalized spacial score (nSPS) is 16.1. The van der Waals surface area contributed by atoms with E-state index in [1.807, 2.05) is 6.92 Å². The number of piperidine rings is 1. The minimum atomic E-state index is 0.653. The Morgan fingerprint density at radius 3 is 2.60 bits per heavy atom. The molecule has 2 rings (SSSR count). The first-order chi connectivity index (χ1) is 9.85. The van der Waals surface area contributed by atoms with Crippen molar-refractivity contribution < 1.29 is 9.47 Å². The summed E-state index contributed by atoms with van der Waals surface area (Å²) in [5.74, 6) is 2.44. The molecule has 3 heteroatoms. The van der Waals surface area contributed by atoms with Crippen LogP contribution in [0.3, 0.4) is 0 Å². The van der Waals surface area contributed by atoms with Gasteiger partial charge in [-0.1, -0.05) is 19.4 Å². The van der Waals surface area contributed by atoms with Gasteiger partial charge in [0.05, 0.1) is 13.2 Å². The average Bonchev–Trinajstić information content (AvgIpc) is 2.50. The Hall–Kier alpha value is -1.22. The van der Waals surface area contributed by atoms with Crippen molar-refractivity contribution in [2.75, 3.05) is 26.3 Å². The zero-order valence-electron chi connectivity index (χ0n) is 12.8. The number of rotatable bonds is 7. The molecule has 0 aromatic heterocycles. The van der Waals surface area contributed by atoms with E-state index >= 15 is 0 Å². The molecule has 1 aliphatic rings. The lowest BCUT2D eigenvalue weighted by atomic mass is 9.90. The molecular formula is C17H27NO2. The summed E-state index contributed by atoms with van der Waals surface area (Å²) >= 11 is 0. The Balaban J connectivity index is 2.08. The van der Waals surface area contributed by atoms with Crippen LogP contribution in [0.1, 0.15) is 51.0 Å². The van der Waals surface area contributed by atoms with Crippen LogP contribution in [0.15, 0.2) is 18.2 Å². The van der Waals surface area contributed by atoms with E-state index in [1.165, 1.54) is 18.4 Å². The summed E-state index contributed by atoms with van der Waals surface area (Å²) in [6, 6.07) is 6.47. The second kappa shape index (κ2) is 8.15. The summed E-state index contributed by atoms with van der Waals surface area (Å²) in [6.45, 7) is 7.87. The summed E-state index contributed by atoms with van der Waals surface area (Å²) in [4.78, 5) is 0. The minimum Gasteiger partial charge on any atom is -0.490 e. The van der Waals surface area contributed by atoms with Gasteiger partial charge >= 0.3 is 0 Å². The van der Waals surface area contributed by atoms with Gasteiger partial charge in [-0.2, -0.15) is 0 Å². The van der Waals surface area contributed by atoms with Gasteiger partial charge in [0, 0.05) is 0 Å². The molecule has 0 unspecified atom stereocenters. The monoisotopic (exact) mass is 277 g/mol. The maximum absolute atomic E-state index is 5.84. The smallest absolute Gasteiger partial charge is 0.161 e. The van der Waals surface area contributed by atoms with Gasteiger partial charge in [-0.15, -0.1) is 0 Å². The molecule has 1 heterocycles. The number of hydrogen-bond donors (Lipinski definition) is 1. The summed E-state index contributed by atoms with van der Waals surface area (Å²) in [5.41, 5.74) is 1.39. The number of ether oxygens (including phenoxy) is 2. The summed E-state index contributed by atoms with van der Waals surface area (Å²) < 4.78 is 11.6. The molecule has 0 radical (unpaired) electrons. The Bertz CT molecular complexity index is 400. The number of hydrogen-bond acceptors (Lipinski definition) is 3. The van der Waals surface area contributed by atoms with Gasteiger partial charge in [-0.3, -0.25) is 0 Å². The molecule has 0 atom stereocenters. The molecule has 1 fully saturated rings. The Kier molecular flexibility index (Phi) is 6.19. The lowest BCUT2D eigenvalue weighted by Gasteiger charge is -2.24. The van der Waals surface area contributed by atoms with E-state index in [4.69, 9.17) is 9.47 Å². The van der Waals surface area contributed by atoms with Gasteiger partial charge in [0.2, 0.25) is 0 Å². The first-order valence-corrected chi connectivity index (χ1v) is 7.95. The fraction of sp³-hybridized carbons (Fsp3) is 0.647. The highest BCUT2D eigenvalue weighted by Crippen LogP contribution is 2.34. The molecule has 1 aliphatic heterocycles. The summed E-state index contributed by atoms with van der Waals surface area (Å²) in [7, 11) is 0. The second-order valence-electron chi connectivity index (χ2n) is 5.37. The lowest BCUT2D eigenvalue weighted by Crippen LogP contribution is -2.26. The average molecular weight is 277 g/mol. The van der Waals surface area contributed by atoms with E-state index in [2.05, 4.69) is 30.4 Å². The molecule has 0 spiro atoms. The number of benzene rings is 1. The van der Waals surface area contributed by atoms with Gasteiger partial charge in [-0.05, 0) is 62.9 Å². The van der Waals surface area contributed by atoms with E-state index < -0.39 is 0 Å². The molecule has 0 aliphatic carbocycles. The minimum absolute atomic E-state index is 0.653. The van der Waals surface area contributed by atoms with Crippen LogP contribution in [0.5, 0.6) is 11.5 Å². The molecule has 112 valence electrons. The molecule has 1 N–H and O–H groups in total. The molecule has 1 saturated heterocycles. The van der Waals surface area contributed by atoms with Gasteiger partial charge < -0.3 is 14.8 Å². The lowest BCUT2D eigenvalue weighted by molar-refractivity contribution is 0.272. The second-order valence-corrected chi connectivity index (χ2v) is 5.37. The van der Waals surface area contributed by atoms with Crippen molar-refractivity contribution in [3.63, 3.8) is 0 Å². The van der Waals surface area contributed by atoms with Crippen LogP contribution in [0, 0.1) is 0 Å².